The van der Waals surface area contributed by atoms with Gasteiger partial charge in [-0.05, 0) is 31.2 Å². The number of carbonyl (C=O) groups is 2. The van der Waals surface area contributed by atoms with E-state index in [0.717, 1.165) is 6.92 Å². The third kappa shape index (κ3) is 4.26. The molecule has 0 aliphatic carbocycles. The molecule has 7 nitrogen and oxygen atoms in total. The minimum atomic E-state index is -3.83. The molecule has 1 saturated heterocycles. The van der Waals surface area contributed by atoms with Crippen molar-refractivity contribution < 1.29 is 18.0 Å². The van der Waals surface area contributed by atoms with Crippen molar-refractivity contribution in [3.8, 4) is 0 Å². The van der Waals surface area contributed by atoms with Gasteiger partial charge in [0.1, 0.15) is 0 Å². The number of likely N-dealkylation sites (N-methyl/N-ethyl adjacent to an activating group) is 1. The Balaban J connectivity index is 2.07. The molecule has 124 valence electrons. The van der Waals surface area contributed by atoms with Crippen LogP contribution in [0.1, 0.15) is 13.8 Å². The number of sulfonamides is 1. The number of benzene rings is 1. The van der Waals surface area contributed by atoms with E-state index in [1.807, 2.05) is 11.6 Å². The first-order valence-electron chi connectivity index (χ1n) is 6.85. The van der Waals surface area contributed by atoms with Gasteiger partial charge in [-0.25, -0.2) is 13.1 Å². The maximum atomic E-state index is 11.9. The van der Waals surface area contributed by atoms with Gasteiger partial charge >= 0.3 is 0 Å². The molecule has 0 radical (unpaired) electrons. The van der Waals surface area contributed by atoms with Crippen molar-refractivity contribution >= 4 is 39.3 Å². The molecule has 1 fully saturated rings. The molecular weight excluding hydrogens is 338 g/mol. The van der Waals surface area contributed by atoms with Gasteiger partial charge in [0.25, 0.3) is 15.9 Å². The summed E-state index contributed by atoms with van der Waals surface area (Å²) >= 11 is 1.45. The van der Waals surface area contributed by atoms with Crippen molar-refractivity contribution in [1.82, 2.24) is 9.62 Å². The van der Waals surface area contributed by atoms with Gasteiger partial charge in [-0.1, -0.05) is 11.8 Å². The van der Waals surface area contributed by atoms with Gasteiger partial charge in [-0.15, -0.1) is 0 Å². The predicted octanol–water partition coefficient (Wildman–Crippen LogP) is 1.32. The summed E-state index contributed by atoms with van der Waals surface area (Å²) in [5.41, 5.74) is 0.641. The van der Waals surface area contributed by atoms with Crippen LogP contribution in [0.2, 0.25) is 0 Å². The van der Waals surface area contributed by atoms with Gasteiger partial charge in [0.05, 0.1) is 15.7 Å². The number of nitrogens with one attached hydrogen (secondary N) is 2. The summed E-state index contributed by atoms with van der Waals surface area (Å²) in [6.07, 6.45) is 1.61. The minimum Gasteiger partial charge on any atom is -0.360 e. The fraction of sp³-hybridized carbons (Fsp3) is 0.286. The zero-order chi connectivity index (χ0) is 17.0. The van der Waals surface area contributed by atoms with Crippen molar-refractivity contribution in [3.63, 3.8) is 0 Å². The van der Waals surface area contributed by atoms with Crippen LogP contribution >= 0.6 is 11.8 Å². The van der Waals surface area contributed by atoms with Crippen LogP contribution in [-0.4, -0.2) is 37.6 Å². The van der Waals surface area contributed by atoms with Crippen molar-refractivity contribution in [2.75, 3.05) is 17.7 Å². The maximum Gasteiger partial charge on any atom is 0.264 e. The zero-order valence-electron chi connectivity index (χ0n) is 12.7. The highest BCUT2D eigenvalue weighted by Gasteiger charge is 2.25. The second kappa shape index (κ2) is 7.05. The highest BCUT2D eigenvalue weighted by Crippen LogP contribution is 2.27. The normalized spacial score (nSPS) is 16.7. The molecule has 0 aromatic heterocycles. The molecule has 0 bridgehead atoms. The fourth-order valence-corrected chi connectivity index (χ4v) is 3.87. The number of amides is 2. The molecule has 0 spiro atoms. The van der Waals surface area contributed by atoms with Gasteiger partial charge in [0.15, 0.2) is 0 Å². The molecular formula is C14H17N3O4S2. The molecule has 1 heterocycles. The first kappa shape index (κ1) is 17.4. The Morgan fingerprint density at radius 3 is 2.52 bits per heavy atom. The van der Waals surface area contributed by atoms with Gasteiger partial charge < -0.3 is 10.2 Å². The van der Waals surface area contributed by atoms with Crippen LogP contribution in [0.15, 0.2) is 40.3 Å². The average Bonchev–Trinajstić information content (AvgIpc) is 2.84. The number of hydrogen-bond donors (Lipinski definition) is 2. The average molecular weight is 355 g/mol. The smallest absolute Gasteiger partial charge is 0.264 e. The highest BCUT2D eigenvalue weighted by atomic mass is 32.2. The van der Waals surface area contributed by atoms with Gasteiger partial charge in [-0.3, -0.25) is 9.59 Å². The van der Waals surface area contributed by atoms with E-state index in [1.165, 1.54) is 23.9 Å². The second-order valence-corrected chi connectivity index (χ2v) is 7.44. The Hall–Kier alpha value is -2.00. The summed E-state index contributed by atoms with van der Waals surface area (Å²) < 4.78 is 25.5. The van der Waals surface area contributed by atoms with Crippen LogP contribution in [0.25, 0.3) is 0 Å². The van der Waals surface area contributed by atoms with Crippen LogP contribution in [0.3, 0.4) is 0 Å². The fourth-order valence-electron chi connectivity index (χ4n) is 1.89. The molecule has 2 N–H and O–H groups in total. The number of thioether (sulfide) groups is 1. The molecule has 1 aromatic rings. The number of carbonyl (C=O) groups excluding carboxylic acids is 2. The number of nitrogens with zero attached hydrogens (tertiary/aromatic N) is 1. The lowest BCUT2D eigenvalue weighted by Gasteiger charge is -2.09. The Morgan fingerprint density at radius 1 is 1.35 bits per heavy atom. The van der Waals surface area contributed by atoms with E-state index in [-0.39, 0.29) is 10.8 Å². The van der Waals surface area contributed by atoms with Crippen LogP contribution in [0.5, 0.6) is 0 Å². The molecule has 23 heavy (non-hydrogen) atoms. The third-order valence-corrected chi connectivity index (χ3v) is 5.56. The maximum absolute atomic E-state index is 11.9. The molecule has 0 atom stereocenters. The predicted molar refractivity (Wildman–Crippen MR) is 89.0 cm³/mol. The minimum absolute atomic E-state index is 0.00520. The van der Waals surface area contributed by atoms with E-state index in [1.54, 1.807) is 23.2 Å². The lowest BCUT2D eigenvalue weighted by Crippen LogP contribution is -2.28. The van der Waals surface area contributed by atoms with Gasteiger partial charge in [0.2, 0.25) is 5.91 Å². The molecule has 1 aromatic carbocycles. The van der Waals surface area contributed by atoms with Gasteiger partial charge in [-0.2, -0.15) is 0 Å². The quantitative estimate of drug-likeness (QED) is 0.774. The van der Waals surface area contributed by atoms with Crippen molar-refractivity contribution in [3.05, 3.63) is 35.4 Å². The summed E-state index contributed by atoms with van der Waals surface area (Å²) in [5.74, 6) is -0.0273. The van der Waals surface area contributed by atoms with Crippen LogP contribution in [0.4, 0.5) is 5.69 Å². The van der Waals surface area contributed by atoms with E-state index in [9.17, 15) is 18.0 Å². The van der Waals surface area contributed by atoms with Crippen LogP contribution in [0, 0.1) is 0 Å². The summed E-state index contributed by atoms with van der Waals surface area (Å²) in [4.78, 5) is 25.1. The van der Waals surface area contributed by atoms with E-state index in [0.29, 0.717) is 23.0 Å². The summed E-state index contributed by atoms with van der Waals surface area (Å²) in [7, 11) is -3.83. The van der Waals surface area contributed by atoms with E-state index < -0.39 is 15.9 Å². The number of rotatable bonds is 5. The number of hydrogen-bond acceptors (Lipinski definition) is 6. The van der Waals surface area contributed by atoms with Crippen LogP contribution < -0.4 is 10.0 Å². The summed E-state index contributed by atoms with van der Waals surface area (Å²) in [5, 5.41) is 2.97. The Bertz CT molecular complexity index is 742. The molecule has 1 aliphatic heterocycles. The monoisotopic (exact) mass is 355 g/mol. The summed E-state index contributed by atoms with van der Waals surface area (Å²) in [6.45, 7) is 3.72. The standard InChI is InChI=1S/C14H17N3O4S2/c1-3-17-9-22-13(14(17)19)8-15-11-4-6-12(7-5-11)23(20,21)16-10(2)18/h4-8,15H,3,9H2,1-2H3,(H,16,18). The molecule has 0 unspecified atom stereocenters. The number of anilines is 1. The lowest BCUT2D eigenvalue weighted by atomic mass is 10.3. The third-order valence-electron chi connectivity index (χ3n) is 3.07. The van der Waals surface area contributed by atoms with Crippen molar-refractivity contribution in [2.45, 2.75) is 18.7 Å². The molecule has 2 rings (SSSR count). The summed E-state index contributed by atoms with van der Waals surface area (Å²) in [6, 6.07) is 5.89. The van der Waals surface area contributed by atoms with E-state index >= 15 is 0 Å². The lowest BCUT2D eigenvalue weighted by molar-refractivity contribution is -0.124. The Morgan fingerprint density at radius 2 is 2.00 bits per heavy atom. The Labute approximate surface area is 139 Å². The molecule has 2 amide bonds. The van der Waals surface area contributed by atoms with Crippen LogP contribution in [-0.2, 0) is 19.6 Å². The van der Waals surface area contributed by atoms with Crippen molar-refractivity contribution in [2.24, 2.45) is 0 Å². The largest absolute Gasteiger partial charge is 0.360 e. The van der Waals surface area contributed by atoms with E-state index in [4.69, 9.17) is 0 Å². The SMILES string of the molecule is CCN1CSC(=CNc2ccc(S(=O)(=O)NC(C)=O)cc2)C1=O. The molecule has 0 saturated carbocycles. The van der Waals surface area contributed by atoms with E-state index in [2.05, 4.69) is 5.32 Å². The second-order valence-electron chi connectivity index (χ2n) is 4.77. The van der Waals surface area contributed by atoms with Crippen molar-refractivity contribution in [1.29, 1.82) is 0 Å². The Kier molecular flexibility index (Phi) is 5.32. The first-order chi connectivity index (χ1) is 10.8. The first-order valence-corrected chi connectivity index (χ1v) is 9.32. The molecule has 1 aliphatic rings. The molecule has 9 heteroatoms. The highest BCUT2D eigenvalue weighted by molar-refractivity contribution is 8.04. The van der Waals surface area contributed by atoms with Gasteiger partial charge in [0, 0.05) is 25.4 Å². The zero-order valence-corrected chi connectivity index (χ0v) is 14.3. The topological polar surface area (TPSA) is 95.6 Å².